The number of alkyl halides is 1. The standard InChI is InChI=1S/C11H10ClNO2/c1-2-8-3-7(6-13)4-9(11(14)15)10(8)5-12/h3-4H,2,5H2,1H3,(H,14,15). The van der Waals surface area contributed by atoms with Crippen molar-refractivity contribution in [1.29, 1.82) is 5.26 Å². The second kappa shape index (κ2) is 4.81. The number of nitriles is 1. The van der Waals surface area contributed by atoms with E-state index in [9.17, 15) is 4.79 Å². The normalized spacial score (nSPS) is 9.67. The molecular formula is C11H10ClNO2. The van der Waals surface area contributed by atoms with Gasteiger partial charge in [-0.1, -0.05) is 6.92 Å². The van der Waals surface area contributed by atoms with Crippen LogP contribution in [-0.4, -0.2) is 11.1 Å². The number of hydrogen-bond acceptors (Lipinski definition) is 2. The second-order valence-corrected chi connectivity index (χ2v) is 3.33. The molecule has 1 aromatic rings. The lowest BCUT2D eigenvalue weighted by Gasteiger charge is -2.09. The van der Waals surface area contributed by atoms with Crippen molar-refractivity contribution in [2.24, 2.45) is 0 Å². The van der Waals surface area contributed by atoms with Crippen LogP contribution in [-0.2, 0) is 12.3 Å². The average Bonchev–Trinajstić information content (AvgIpc) is 2.26. The Morgan fingerprint density at radius 3 is 2.67 bits per heavy atom. The number of carboxylic acids is 1. The molecule has 0 radical (unpaired) electrons. The summed E-state index contributed by atoms with van der Waals surface area (Å²) in [4.78, 5) is 10.9. The summed E-state index contributed by atoms with van der Waals surface area (Å²) in [6.07, 6.45) is 0.665. The number of aromatic carboxylic acids is 1. The number of carbonyl (C=O) groups is 1. The van der Waals surface area contributed by atoms with E-state index in [0.717, 1.165) is 5.56 Å². The summed E-state index contributed by atoms with van der Waals surface area (Å²) in [5.41, 5.74) is 1.91. The highest BCUT2D eigenvalue weighted by molar-refractivity contribution is 6.17. The van der Waals surface area contributed by atoms with E-state index in [1.807, 2.05) is 13.0 Å². The second-order valence-electron chi connectivity index (χ2n) is 3.07. The number of nitrogens with zero attached hydrogens (tertiary/aromatic N) is 1. The van der Waals surface area contributed by atoms with Crippen molar-refractivity contribution in [2.45, 2.75) is 19.2 Å². The Labute approximate surface area is 92.9 Å². The molecule has 1 aromatic carbocycles. The van der Waals surface area contributed by atoms with Gasteiger partial charge in [0.15, 0.2) is 0 Å². The van der Waals surface area contributed by atoms with Crippen molar-refractivity contribution in [3.63, 3.8) is 0 Å². The number of aryl methyl sites for hydroxylation is 1. The molecule has 0 aliphatic carbocycles. The van der Waals surface area contributed by atoms with E-state index in [-0.39, 0.29) is 11.4 Å². The maximum absolute atomic E-state index is 10.9. The predicted octanol–water partition coefficient (Wildman–Crippen LogP) is 2.56. The Balaban J connectivity index is 3.47. The molecule has 0 unspecified atom stereocenters. The van der Waals surface area contributed by atoms with Crippen molar-refractivity contribution < 1.29 is 9.90 Å². The zero-order chi connectivity index (χ0) is 11.4. The third-order valence-electron chi connectivity index (χ3n) is 2.22. The Hall–Kier alpha value is -1.53. The highest BCUT2D eigenvalue weighted by atomic mass is 35.5. The van der Waals surface area contributed by atoms with Gasteiger partial charge in [-0.05, 0) is 29.7 Å². The van der Waals surface area contributed by atoms with Crippen LogP contribution in [0.25, 0.3) is 0 Å². The van der Waals surface area contributed by atoms with Gasteiger partial charge in [0.25, 0.3) is 0 Å². The molecule has 1 N–H and O–H groups in total. The van der Waals surface area contributed by atoms with Crippen molar-refractivity contribution in [3.8, 4) is 6.07 Å². The minimum atomic E-state index is -1.04. The molecule has 0 atom stereocenters. The molecule has 3 nitrogen and oxygen atoms in total. The van der Waals surface area contributed by atoms with Crippen LogP contribution < -0.4 is 0 Å². The largest absolute Gasteiger partial charge is 0.478 e. The van der Waals surface area contributed by atoms with E-state index in [1.54, 1.807) is 6.07 Å². The number of hydrogen-bond donors (Lipinski definition) is 1. The molecule has 0 saturated heterocycles. The molecule has 0 amide bonds. The van der Waals surface area contributed by atoms with E-state index in [1.165, 1.54) is 6.07 Å². The van der Waals surface area contributed by atoms with E-state index < -0.39 is 5.97 Å². The summed E-state index contributed by atoms with van der Waals surface area (Å²) in [7, 11) is 0. The SMILES string of the molecule is CCc1cc(C#N)cc(C(=O)O)c1CCl. The van der Waals surface area contributed by atoms with Gasteiger partial charge in [-0.15, -0.1) is 11.6 Å². The summed E-state index contributed by atoms with van der Waals surface area (Å²) in [5, 5.41) is 17.7. The molecule has 0 heterocycles. The van der Waals surface area contributed by atoms with E-state index in [4.69, 9.17) is 22.0 Å². The van der Waals surface area contributed by atoms with Crippen molar-refractivity contribution in [2.75, 3.05) is 0 Å². The summed E-state index contributed by atoms with van der Waals surface area (Å²) in [5.74, 6) is -0.895. The van der Waals surface area contributed by atoms with Crippen LogP contribution >= 0.6 is 11.6 Å². The number of benzene rings is 1. The zero-order valence-corrected chi connectivity index (χ0v) is 9.01. The van der Waals surface area contributed by atoms with Crippen molar-refractivity contribution in [3.05, 3.63) is 34.4 Å². The van der Waals surface area contributed by atoms with Gasteiger partial charge in [-0.25, -0.2) is 4.79 Å². The number of rotatable bonds is 3. The van der Waals surface area contributed by atoms with Crippen LogP contribution in [0.3, 0.4) is 0 Å². The first kappa shape index (κ1) is 11.5. The molecule has 0 aromatic heterocycles. The van der Waals surface area contributed by atoms with Crippen LogP contribution in [0.5, 0.6) is 0 Å². The van der Waals surface area contributed by atoms with Crippen LogP contribution in [0.1, 0.15) is 34.0 Å². The Morgan fingerprint density at radius 1 is 1.60 bits per heavy atom. The van der Waals surface area contributed by atoms with E-state index >= 15 is 0 Å². The summed E-state index contributed by atoms with van der Waals surface area (Å²) >= 11 is 5.71. The number of carboxylic acid groups (broad SMARTS) is 1. The Bertz CT molecular complexity index is 435. The predicted molar refractivity (Wildman–Crippen MR) is 57.1 cm³/mol. The smallest absolute Gasteiger partial charge is 0.336 e. The molecule has 0 saturated carbocycles. The van der Waals surface area contributed by atoms with Crippen LogP contribution in [0.4, 0.5) is 0 Å². The van der Waals surface area contributed by atoms with Gasteiger partial charge in [0.1, 0.15) is 0 Å². The molecular weight excluding hydrogens is 214 g/mol. The fourth-order valence-corrected chi connectivity index (χ4v) is 1.78. The quantitative estimate of drug-likeness (QED) is 0.801. The molecule has 0 fully saturated rings. The first-order valence-electron chi connectivity index (χ1n) is 4.49. The third kappa shape index (κ3) is 2.28. The van der Waals surface area contributed by atoms with E-state index in [2.05, 4.69) is 0 Å². The Kier molecular flexibility index (Phi) is 3.70. The molecule has 78 valence electrons. The lowest BCUT2D eigenvalue weighted by molar-refractivity contribution is 0.0696. The van der Waals surface area contributed by atoms with Gasteiger partial charge < -0.3 is 5.11 Å². The topological polar surface area (TPSA) is 61.1 Å². The van der Waals surface area contributed by atoms with E-state index in [0.29, 0.717) is 17.5 Å². The number of halogens is 1. The highest BCUT2D eigenvalue weighted by Crippen LogP contribution is 2.20. The maximum Gasteiger partial charge on any atom is 0.336 e. The van der Waals surface area contributed by atoms with Gasteiger partial charge in [0, 0.05) is 5.88 Å². The first-order chi connectivity index (χ1) is 7.13. The van der Waals surface area contributed by atoms with Gasteiger partial charge in [0.2, 0.25) is 0 Å². The lowest BCUT2D eigenvalue weighted by Crippen LogP contribution is -2.05. The fraction of sp³-hybridized carbons (Fsp3) is 0.273. The van der Waals surface area contributed by atoms with Gasteiger partial charge in [-0.2, -0.15) is 5.26 Å². The maximum atomic E-state index is 10.9. The molecule has 0 aliphatic rings. The summed E-state index contributed by atoms with van der Waals surface area (Å²) in [6.45, 7) is 1.90. The first-order valence-corrected chi connectivity index (χ1v) is 5.02. The Morgan fingerprint density at radius 2 is 2.27 bits per heavy atom. The molecule has 4 heteroatoms. The summed E-state index contributed by atoms with van der Waals surface area (Å²) < 4.78 is 0. The molecule has 0 bridgehead atoms. The minimum Gasteiger partial charge on any atom is -0.478 e. The van der Waals surface area contributed by atoms with Crippen molar-refractivity contribution >= 4 is 17.6 Å². The summed E-state index contributed by atoms with van der Waals surface area (Å²) in [6, 6.07) is 4.99. The van der Waals surface area contributed by atoms with Crippen LogP contribution in [0, 0.1) is 11.3 Å². The molecule has 1 rings (SSSR count). The van der Waals surface area contributed by atoms with Gasteiger partial charge in [0.05, 0.1) is 17.2 Å². The highest BCUT2D eigenvalue weighted by Gasteiger charge is 2.14. The molecule has 0 spiro atoms. The zero-order valence-electron chi connectivity index (χ0n) is 8.25. The lowest BCUT2D eigenvalue weighted by atomic mass is 9.97. The van der Waals surface area contributed by atoms with Crippen molar-refractivity contribution in [1.82, 2.24) is 0 Å². The average molecular weight is 224 g/mol. The minimum absolute atomic E-state index is 0.126. The fourth-order valence-electron chi connectivity index (χ4n) is 1.46. The molecule has 0 aliphatic heterocycles. The van der Waals surface area contributed by atoms with Crippen LogP contribution in [0.15, 0.2) is 12.1 Å². The molecule has 15 heavy (non-hydrogen) atoms. The monoisotopic (exact) mass is 223 g/mol. The third-order valence-corrected chi connectivity index (χ3v) is 2.48. The van der Waals surface area contributed by atoms with Gasteiger partial charge >= 0.3 is 5.97 Å². The van der Waals surface area contributed by atoms with Crippen LogP contribution in [0.2, 0.25) is 0 Å². The van der Waals surface area contributed by atoms with Gasteiger partial charge in [-0.3, -0.25) is 0 Å².